The molecule has 1 fully saturated rings. The lowest BCUT2D eigenvalue weighted by atomic mass is 10.0. The zero-order valence-electron chi connectivity index (χ0n) is 9.86. The van der Waals surface area contributed by atoms with Crippen LogP contribution in [0.4, 0.5) is 0 Å². The van der Waals surface area contributed by atoms with Gasteiger partial charge in [0.15, 0.2) is 0 Å². The van der Waals surface area contributed by atoms with Gasteiger partial charge in [-0.25, -0.2) is 0 Å². The Hall–Kier alpha value is -0.860. The van der Waals surface area contributed by atoms with Crippen LogP contribution in [0.15, 0.2) is 30.3 Å². The Morgan fingerprint density at radius 2 is 1.88 bits per heavy atom. The highest BCUT2D eigenvalue weighted by molar-refractivity contribution is 5.16. The van der Waals surface area contributed by atoms with E-state index in [2.05, 4.69) is 35.6 Å². The maximum atomic E-state index is 5.84. The van der Waals surface area contributed by atoms with Crippen LogP contribution in [0, 0.1) is 0 Å². The number of hydrogen-bond acceptors (Lipinski definition) is 2. The van der Waals surface area contributed by atoms with Gasteiger partial charge in [0.05, 0.1) is 0 Å². The molecule has 1 aliphatic rings. The van der Waals surface area contributed by atoms with Gasteiger partial charge in [0, 0.05) is 18.6 Å². The molecule has 0 radical (unpaired) electrons. The summed E-state index contributed by atoms with van der Waals surface area (Å²) in [5.74, 6) is 0. The number of benzene rings is 1. The maximum Gasteiger partial charge on any atom is 0.0233 e. The third-order valence-corrected chi connectivity index (χ3v) is 3.44. The van der Waals surface area contributed by atoms with Crippen molar-refractivity contribution < 1.29 is 0 Å². The van der Waals surface area contributed by atoms with Gasteiger partial charge in [-0.3, -0.25) is 0 Å². The van der Waals surface area contributed by atoms with E-state index in [1.54, 1.807) is 0 Å². The number of nitrogens with one attached hydrogen (secondary N) is 1. The van der Waals surface area contributed by atoms with Crippen LogP contribution in [0.25, 0.3) is 0 Å². The molecule has 1 aromatic rings. The maximum absolute atomic E-state index is 5.84. The molecule has 1 atom stereocenters. The average Bonchev–Trinajstić information content (AvgIpc) is 2.82. The molecule has 0 aliphatic heterocycles. The summed E-state index contributed by atoms with van der Waals surface area (Å²) >= 11 is 0. The minimum Gasteiger partial charge on any atom is -0.329 e. The van der Waals surface area contributed by atoms with Crippen LogP contribution in [-0.4, -0.2) is 18.6 Å². The standard InChI is InChI=1S/C14H22N2/c15-11-14(16-13-8-4-5-9-13)10-12-6-2-1-3-7-12/h1-3,6-7,13-14,16H,4-5,8-11,15H2. The summed E-state index contributed by atoms with van der Waals surface area (Å²) in [5.41, 5.74) is 7.21. The molecule has 3 N–H and O–H groups in total. The quantitative estimate of drug-likeness (QED) is 0.794. The predicted molar refractivity (Wildman–Crippen MR) is 68.4 cm³/mol. The molecular weight excluding hydrogens is 196 g/mol. The molecule has 2 nitrogen and oxygen atoms in total. The average molecular weight is 218 g/mol. The Bertz CT molecular complexity index is 291. The third kappa shape index (κ3) is 3.32. The Morgan fingerprint density at radius 1 is 1.19 bits per heavy atom. The van der Waals surface area contributed by atoms with Gasteiger partial charge in [-0.1, -0.05) is 43.2 Å². The van der Waals surface area contributed by atoms with Crippen molar-refractivity contribution in [1.82, 2.24) is 5.32 Å². The first-order valence-corrected chi connectivity index (χ1v) is 6.38. The molecule has 0 saturated heterocycles. The van der Waals surface area contributed by atoms with Crippen molar-refractivity contribution in [1.29, 1.82) is 0 Å². The molecule has 1 unspecified atom stereocenters. The summed E-state index contributed by atoms with van der Waals surface area (Å²) in [5, 5.41) is 3.69. The van der Waals surface area contributed by atoms with Crippen molar-refractivity contribution in [3.8, 4) is 0 Å². The topological polar surface area (TPSA) is 38.0 Å². The van der Waals surface area contributed by atoms with E-state index < -0.39 is 0 Å². The van der Waals surface area contributed by atoms with E-state index in [1.165, 1.54) is 31.2 Å². The van der Waals surface area contributed by atoms with Gasteiger partial charge < -0.3 is 11.1 Å². The molecule has 2 rings (SSSR count). The van der Waals surface area contributed by atoms with Gasteiger partial charge in [-0.2, -0.15) is 0 Å². The Kier molecular flexibility index (Phi) is 4.37. The van der Waals surface area contributed by atoms with E-state index in [0.717, 1.165) is 13.0 Å². The van der Waals surface area contributed by atoms with Gasteiger partial charge in [-0.05, 0) is 24.8 Å². The van der Waals surface area contributed by atoms with Crippen LogP contribution < -0.4 is 11.1 Å². The first-order valence-electron chi connectivity index (χ1n) is 6.38. The fourth-order valence-corrected chi connectivity index (χ4v) is 2.53. The normalized spacial score (nSPS) is 18.8. The largest absolute Gasteiger partial charge is 0.329 e. The molecule has 0 heterocycles. The van der Waals surface area contributed by atoms with Crippen LogP contribution >= 0.6 is 0 Å². The van der Waals surface area contributed by atoms with E-state index in [0.29, 0.717) is 12.1 Å². The van der Waals surface area contributed by atoms with Gasteiger partial charge in [0.25, 0.3) is 0 Å². The molecule has 1 aliphatic carbocycles. The summed E-state index contributed by atoms with van der Waals surface area (Å²) in [4.78, 5) is 0. The molecule has 2 heteroatoms. The number of nitrogens with two attached hydrogens (primary N) is 1. The second-order valence-corrected chi connectivity index (χ2v) is 4.77. The van der Waals surface area contributed by atoms with E-state index in [4.69, 9.17) is 5.73 Å². The summed E-state index contributed by atoms with van der Waals surface area (Å²) in [6.45, 7) is 0.728. The summed E-state index contributed by atoms with van der Waals surface area (Å²) in [6, 6.07) is 11.8. The van der Waals surface area contributed by atoms with Crippen LogP contribution in [-0.2, 0) is 6.42 Å². The summed E-state index contributed by atoms with van der Waals surface area (Å²) in [6.07, 6.45) is 6.45. The summed E-state index contributed by atoms with van der Waals surface area (Å²) in [7, 11) is 0. The Labute approximate surface area is 98.2 Å². The molecule has 88 valence electrons. The molecule has 0 bridgehead atoms. The molecule has 1 aromatic carbocycles. The van der Waals surface area contributed by atoms with Crippen LogP contribution in [0.2, 0.25) is 0 Å². The van der Waals surface area contributed by atoms with E-state index in [1.807, 2.05) is 0 Å². The van der Waals surface area contributed by atoms with Crippen molar-refractivity contribution in [2.24, 2.45) is 5.73 Å². The highest BCUT2D eigenvalue weighted by atomic mass is 15.0. The van der Waals surface area contributed by atoms with Crippen molar-refractivity contribution >= 4 is 0 Å². The minimum absolute atomic E-state index is 0.436. The molecular formula is C14H22N2. The SMILES string of the molecule is NCC(Cc1ccccc1)NC1CCCC1. The predicted octanol–water partition coefficient (Wildman–Crippen LogP) is 2.09. The van der Waals surface area contributed by atoms with Crippen LogP contribution in [0.3, 0.4) is 0 Å². The van der Waals surface area contributed by atoms with E-state index in [-0.39, 0.29) is 0 Å². The van der Waals surface area contributed by atoms with Gasteiger partial charge in [-0.15, -0.1) is 0 Å². The van der Waals surface area contributed by atoms with Crippen molar-refractivity contribution in [3.63, 3.8) is 0 Å². The molecule has 0 aromatic heterocycles. The fourth-order valence-electron chi connectivity index (χ4n) is 2.53. The Morgan fingerprint density at radius 3 is 2.50 bits per heavy atom. The van der Waals surface area contributed by atoms with Crippen molar-refractivity contribution in [2.75, 3.05) is 6.54 Å². The fraction of sp³-hybridized carbons (Fsp3) is 0.571. The zero-order chi connectivity index (χ0) is 11.2. The molecule has 16 heavy (non-hydrogen) atoms. The third-order valence-electron chi connectivity index (χ3n) is 3.44. The highest BCUT2D eigenvalue weighted by Gasteiger charge is 2.18. The van der Waals surface area contributed by atoms with Crippen molar-refractivity contribution in [2.45, 2.75) is 44.2 Å². The van der Waals surface area contributed by atoms with Crippen molar-refractivity contribution in [3.05, 3.63) is 35.9 Å². The van der Waals surface area contributed by atoms with Gasteiger partial charge in [0.2, 0.25) is 0 Å². The minimum atomic E-state index is 0.436. The monoisotopic (exact) mass is 218 g/mol. The highest BCUT2D eigenvalue weighted by Crippen LogP contribution is 2.18. The van der Waals surface area contributed by atoms with E-state index >= 15 is 0 Å². The molecule has 1 saturated carbocycles. The smallest absolute Gasteiger partial charge is 0.0233 e. The second-order valence-electron chi connectivity index (χ2n) is 4.77. The molecule has 0 amide bonds. The lowest BCUT2D eigenvalue weighted by molar-refractivity contribution is 0.431. The lowest BCUT2D eigenvalue weighted by Gasteiger charge is -2.21. The van der Waals surface area contributed by atoms with Crippen LogP contribution in [0.1, 0.15) is 31.2 Å². The van der Waals surface area contributed by atoms with Crippen LogP contribution in [0.5, 0.6) is 0 Å². The zero-order valence-corrected chi connectivity index (χ0v) is 9.86. The first-order chi connectivity index (χ1) is 7.88. The summed E-state index contributed by atoms with van der Waals surface area (Å²) < 4.78 is 0. The molecule has 0 spiro atoms. The number of hydrogen-bond donors (Lipinski definition) is 2. The Balaban J connectivity index is 1.85. The number of rotatable bonds is 5. The van der Waals surface area contributed by atoms with Gasteiger partial charge in [0.1, 0.15) is 0 Å². The second kappa shape index (κ2) is 6.02. The first kappa shape index (κ1) is 11.6. The van der Waals surface area contributed by atoms with E-state index in [9.17, 15) is 0 Å². The lowest BCUT2D eigenvalue weighted by Crippen LogP contribution is -2.43. The van der Waals surface area contributed by atoms with Gasteiger partial charge >= 0.3 is 0 Å².